The average Bonchev–Trinajstić information content (AvgIpc) is 3.08. The number of nitrogens with zero attached hydrogens (tertiary/aromatic N) is 1. The number of hydrogen-bond acceptors (Lipinski definition) is 6. The lowest BCUT2D eigenvalue weighted by molar-refractivity contribution is -0.143. The number of hydrogen-bond donors (Lipinski definition) is 4. The molecule has 31 heavy (non-hydrogen) atoms. The Balaban J connectivity index is 0.000000293. The fourth-order valence-corrected chi connectivity index (χ4v) is 3.59. The smallest absolute Gasteiger partial charge is 0.303 e. The van der Waals surface area contributed by atoms with E-state index in [0.717, 1.165) is 53.3 Å². The number of carbonyl (C=O) groups is 2. The summed E-state index contributed by atoms with van der Waals surface area (Å²) >= 11 is 6.45. The van der Waals surface area contributed by atoms with Crippen LogP contribution in [-0.2, 0) is 29.0 Å². The van der Waals surface area contributed by atoms with Crippen molar-refractivity contribution in [2.45, 2.75) is 32.2 Å². The molecule has 4 N–H and O–H groups in total. The van der Waals surface area contributed by atoms with E-state index in [1.165, 1.54) is 17.5 Å². The summed E-state index contributed by atoms with van der Waals surface area (Å²) in [5.74, 6) is -2.15. The lowest BCUT2D eigenvalue weighted by Crippen LogP contribution is -2.16. The molecule has 0 unspecified atom stereocenters. The predicted octanol–water partition coefficient (Wildman–Crippen LogP) is 3.72. The van der Waals surface area contributed by atoms with Crippen LogP contribution in [0.1, 0.15) is 29.5 Å². The normalized spacial score (nSPS) is 12.9. The summed E-state index contributed by atoms with van der Waals surface area (Å²) < 4.78 is 5.37. The molecule has 1 aliphatic heterocycles. The largest absolute Gasteiger partial charge is 0.481 e. The van der Waals surface area contributed by atoms with Gasteiger partial charge in [-0.25, -0.2) is 4.98 Å². The molecule has 0 aliphatic carbocycles. The Hall–Kier alpha value is -3.10. The second kappa shape index (κ2) is 10.8. The summed E-state index contributed by atoms with van der Waals surface area (Å²) in [6, 6.07) is 10.2. The first-order valence-electron chi connectivity index (χ1n) is 9.94. The van der Waals surface area contributed by atoms with E-state index in [1.807, 2.05) is 18.2 Å². The minimum absolute atomic E-state index is 0.296. The Kier molecular flexibility index (Phi) is 7.86. The number of aromatic nitrogens is 1. The van der Waals surface area contributed by atoms with Gasteiger partial charge in [0.05, 0.1) is 23.6 Å². The second-order valence-corrected chi connectivity index (χ2v) is 7.51. The number of anilines is 1. The van der Waals surface area contributed by atoms with E-state index < -0.39 is 11.9 Å². The van der Waals surface area contributed by atoms with Crippen LogP contribution in [0.25, 0.3) is 11.1 Å². The fourth-order valence-electron chi connectivity index (χ4n) is 3.35. The van der Waals surface area contributed by atoms with Crippen molar-refractivity contribution in [2.75, 3.05) is 18.4 Å². The Labute approximate surface area is 184 Å². The molecule has 0 fully saturated rings. The van der Waals surface area contributed by atoms with Gasteiger partial charge in [-0.2, -0.15) is 0 Å². The zero-order valence-electron chi connectivity index (χ0n) is 16.9. The highest BCUT2D eigenvalue weighted by Gasteiger charge is 2.14. The van der Waals surface area contributed by atoms with Crippen molar-refractivity contribution in [1.82, 2.24) is 10.3 Å². The summed E-state index contributed by atoms with van der Waals surface area (Å²) in [5.41, 5.74) is 6.62. The fraction of sp³-hybridized carbons (Fsp3) is 0.318. The zero-order valence-corrected chi connectivity index (χ0v) is 17.6. The van der Waals surface area contributed by atoms with Crippen molar-refractivity contribution in [1.29, 1.82) is 0 Å². The van der Waals surface area contributed by atoms with Gasteiger partial charge in [-0.15, -0.1) is 0 Å². The number of fused-ring (bicyclic) bond motifs is 2. The quantitative estimate of drug-likeness (QED) is 0.452. The maximum atomic E-state index is 9.64. The van der Waals surface area contributed by atoms with E-state index in [1.54, 1.807) is 0 Å². The van der Waals surface area contributed by atoms with Gasteiger partial charge in [0.1, 0.15) is 5.52 Å². The van der Waals surface area contributed by atoms with Gasteiger partial charge in [-0.1, -0.05) is 23.7 Å². The molecular formula is C22H24ClN3O5. The predicted molar refractivity (Wildman–Crippen MR) is 118 cm³/mol. The summed E-state index contributed by atoms with van der Waals surface area (Å²) in [6.07, 6.45) is 2.93. The maximum absolute atomic E-state index is 9.64. The van der Waals surface area contributed by atoms with Crippen LogP contribution in [0.15, 0.2) is 41.1 Å². The van der Waals surface area contributed by atoms with Crippen molar-refractivity contribution >= 4 is 40.3 Å². The third kappa shape index (κ3) is 6.44. The van der Waals surface area contributed by atoms with E-state index in [9.17, 15) is 9.59 Å². The van der Waals surface area contributed by atoms with Crippen LogP contribution in [0.4, 0.5) is 5.69 Å². The molecule has 0 amide bonds. The Bertz CT molecular complexity index is 1050. The third-order valence-electron chi connectivity index (χ3n) is 4.90. The Morgan fingerprint density at radius 2 is 1.84 bits per heavy atom. The molecule has 164 valence electrons. The number of carboxylic acid groups (broad SMARTS) is 2. The minimum Gasteiger partial charge on any atom is -0.481 e. The minimum atomic E-state index is -1.08. The van der Waals surface area contributed by atoms with Crippen LogP contribution in [0.3, 0.4) is 0 Å². The standard InChI is InChI=1S/C18H18ClN3O.C4H6O4/c19-15-3-2-13-5-7-20-8-6-14(13)18(15)21-10-12-1-4-16-17(9-12)23-11-22-16;5-3(6)1-2-4(7)8/h1-4,9,11,20-21H,5-8,10H2;1-2H2,(H,5,6)(H,7,8). The second-order valence-electron chi connectivity index (χ2n) is 7.11. The lowest BCUT2D eigenvalue weighted by atomic mass is 10.0. The van der Waals surface area contributed by atoms with Crippen LogP contribution < -0.4 is 10.6 Å². The summed E-state index contributed by atoms with van der Waals surface area (Å²) in [6.45, 7) is 2.72. The first-order valence-corrected chi connectivity index (χ1v) is 10.3. The summed E-state index contributed by atoms with van der Waals surface area (Å²) in [7, 11) is 0. The van der Waals surface area contributed by atoms with Crippen molar-refractivity contribution in [3.63, 3.8) is 0 Å². The first kappa shape index (κ1) is 22.6. The molecule has 9 heteroatoms. The molecule has 4 rings (SSSR count). The van der Waals surface area contributed by atoms with E-state index in [-0.39, 0.29) is 12.8 Å². The number of oxazole rings is 1. The van der Waals surface area contributed by atoms with Crippen molar-refractivity contribution in [3.8, 4) is 0 Å². The monoisotopic (exact) mass is 445 g/mol. The number of rotatable bonds is 6. The molecule has 2 heterocycles. The zero-order chi connectivity index (χ0) is 22.2. The van der Waals surface area contributed by atoms with Gasteiger partial charge in [0.25, 0.3) is 0 Å². The van der Waals surface area contributed by atoms with Gasteiger partial charge >= 0.3 is 11.9 Å². The molecule has 2 aromatic carbocycles. The number of carboxylic acids is 2. The van der Waals surface area contributed by atoms with Gasteiger partial charge in [0, 0.05) is 6.54 Å². The number of benzene rings is 2. The highest BCUT2D eigenvalue weighted by Crippen LogP contribution is 2.31. The van der Waals surface area contributed by atoms with Crippen LogP contribution in [0, 0.1) is 0 Å². The van der Waals surface area contributed by atoms with Crippen LogP contribution in [0.2, 0.25) is 5.02 Å². The van der Waals surface area contributed by atoms with E-state index >= 15 is 0 Å². The summed E-state index contributed by atoms with van der Waals surface area (Å²) in [5, 5.41) is 23.5. The van der Waals surface area contributed by atoms with Crippen molar-refractivity contribution < 1.29 is 24.2 Å². The number of halogens is 1. The molecule has 3 aromatic rings. The van der Waals surface area contributed by atoms with Crippen LogP contribution in [-0.4, -0.2) is 40.2 Å². The van der Waals surface area contributed by atoms with E-state index in [0.29, 0.717) is 6.54 Å². The molecule has 0 saturated carbocycles. The van der Waals surface area contributed by atoms with Crippen LogP contribution in [0.5, 0.6) is 0 Å². The molecule has 0 saturated heterocycles. The Morgan fingerprint density at radius 1 is 1.10 bits per heavy atom. The van der Waals surface area contributed by atoms with E-state index in [4.69, 9.17) is 26.2 Å². The maximum Gasteiger partial charge on any atom is 0.303 e. The molecule has 8 nitrogen and oxygen atoms in total. The van der Waals surface area contributed by atoms with Gasteiger partial charge in [-0.05, 0) is 60.8 Å². The molecule has 1 aliphatic rings. The molecular weight excluding hydrogens is 422 g/mol. The molecule has 0 radical (unpaired) electrons. The third-order valence-corrected chi connectivity index (χ3v) is 5.21. The van der Waals surface area contributed by atoms with Crippen molar-refractivity contribution in [2.24, 2.45) is 0 Å². The Morgan fingerprint density at radius 3 is 2.58 bits per heavy atom. The molecule has 0 bridgehead atoms. The van der Waals surface area contributed by atoms with Crippen LogP contribution >= 0.6 is 11.6 Å². The van der Waals surface area contributed by atoms with Gasteiger partial charge < -0.3 is 25.3 Å². The first-order chi connectivity index (χ1) is 14.9. The molecule has 1 aromatic heterocycles. The van der Waals surface area contributed by atoms with Gasteiger partial charge in [0.15, 0.2) is 12.0 Å². The SMILES string of the molecule is Clc1ccc2c(c1NCc1ccc3ncoc3c1)CCNCC2.O=C(O)CCC(=O)O. The van der Waals surface area contributed by atoms with Gasteiger partial charge in [-0.3, -0.25) is 9.59 Å². The highest BCUT2D eigenvalue weighted by atomic mass is 35.5. The van der Waals surface area contributed by atoms with Crippen molar-refractivity contribution in [3.05, 3.63) is 58.4 Å². The molecule has 0 atom stereocenters. The summed E-state index contributed by atoms with van der Waals surface area (Å²) in [4.78, 5) is 23.4. The number of nitrogens with one attached hydrogen (secondary N) is 2. The molecule has 0 spiro atoms. The van der Waals surface area contributed by atoms with E-state index in [2.05, 4.69) is 27.8 Å². The highest BCUT2D eigenvalue weighted by molar-refractivity contribution is 6.33. The van der Waals surface area contributed by atoms with Gasteiger partial charge in [0.2, 0.25) is 0 Å². The lowest BCUT2D eigenvalue weighted by Gasteiger charge is -2.16. The average molecular weight is 446 g/mol. The number of aliphatic carboxylic acids is 2. The topological polar surface area (TPSA) is 125 Å².